The molecule has 0 saturated carbocycles. The van der Waals surface area contributed by atoms with Gasteiger partial charge < -0.3 is 4.57 Å². The van der Waals surface area contributed by atoms with Crippen molar-refractivity contribution in [1.82, 2.24) is 9.55 Å². The van der Waals surface area contributed by atoms with Crippen LogP contribution in [0.2, 0.25) is 0 Å². The first kappa shape index (κ1) is 11.9. The summed E-state index contributed by atoms with van der Waals surface area (Å²) in [5, 5.41) is 3.66. The van der Waals surface area contributed by atoms with Gasteiger partial charge in [0.2, 0.25) is 0 Å². The summed E-state index contributed by atoms with van der Waals surface area (Å²) in [4.78, 5) is 4.60. The molecule has 0 aliphatic heterocycles. The van der Waals surface area contributed by atoms with Crippen LogP contribution in [0.25, 0.3) is 27.5 Å². The average molecular weight is 370 g/mol. The molecule has 96 valence electrons. The van der Waals surface area contributed by atoms with Crippen LogP contribution >= 0.6 is 22.6 Å². The number of halogens is 1. The van der Waals surface area contributed by atoms with E-state index in [-0.39, 0.29) is 0 Å². The lowest BCUT2D eigenvalue weighted by Gasteiger charge is -2.07. The second-order valence-electron chi connectivity index (χ2n) is 4.75. The number of hydrogen-bond donors (Lipinski definition) is 0. The Balaban J connectivity index is 2.00. The fraction of sp³-hybridized carbons (Fsp3) is 0. The van der Waals surface area contributed by atoms with Gasteiger partial charge in [0.1, 0.15) is 5.82 Å². The van der Waals surface area contributed by atoms with Crippen LogP contribution in [0.15, 0.2) is 67.0 Å². The fourth-order valence-electron chi connectivity index (χ4n) is 2.54. The Morgan fingerprint density at radius 1 is 0.900 bits per heavy atom. The highest BCUT2D eigenvalue weighted by Gasteiger charge is 2.06. The van der Waals surface area contributed by atoms with Gasteiger partial charge in [0, 0.05) is 26.7 Å². The molecule has 0 N–H and O–H groups in total. The topological polar surface area (TPSA) is 17.8 Å². The molecule has 0 aliphatic carbocycles. The van der Waals surface area contributed by atoms with Crippen molar-refractivity contribution in [2.75, 3.05) is 0 Å². The number of para-hydroxylation sites is 1. The lowest BCUT2D eigenvalue weighted by atomic mass is 10.2. The largest absolute Gasteiger partial charge is 0.301 e. The van der Waals surface area contributed by atoms with Crippen molar-refractivity contribution in [2.45, 2.75) is 0 Å². The summed E-state index contributed by atoms with van der Waals surface area (Å²) in [5.74, 6) is 0.961. The summed E-state index contributed by atoms with van der Waals surface area (Å²) >= 11 is 2.37. The monoisotopic (exact) mass is 370 g/mol. The lowest BCUT2D eigenvalue weighted by molar-refractivity contribution is 1.05. The van der Waals surface area contributed by atoms with Crippen LogP contribution in [-0.2, 0) is 0 Å². The molecule has 4 aromatic rings. The van der Waals surface area contributed by atoms with E-state index in [1.54, 1.807) is 0 Å². The van der Waals surface area contributed by atoms with Gasteiger partial charge in [0.15, 0.2) is 0 Å². The second kappa shape index (κ2) is 4.59. The zero-order valence-corrected chi connectivity index (χ0v) is 12.8. The first-order valence-corrected chi connectivity index (χ1v) is 7.51. The molecule has 0 fully saturated rings. The van der Waals surface area contributed by atoms with E-state index in [1.807, 2.05) is 6.20 Å². The highest BCUT2D eigenvalue weighted by atomic mass is 127. The Morgan fingerprint density at radius 3 is 2.70 bits per heavy atom. The summed E-state index contributed by atoms with van der Waals surface area (Å²) < 4.78 is 3.39. The quantitative estimate of drug-likeness (QED) is 0.441. The molecule has 2 aromatic heterocycles. The lowest BCUT2D eigenvalue weighted by Crippen LogP contribution is -1.95. The van der Waals surface area contributed by atoms with Gasteiger partial charge in [0.05, 0.1) is 5.52 Å². The van der Waals surface area contributed by atoms with E-state index in [4.69, 9.17) is 0 Å². The molecule has 0 radical (unpaired) electrons. The number of fused-ring (bicyclic) bond motifs is 2. The second-order valence-corrected chi connectivity index (χ2v) is 5.91. The highest BCUT2D eigenvalue weighted by Crippen LogP contribution is 2.24. The molecular formula is C17H11IN2. The first-order chi connectivity index (χ1) is 9.83. The number of nitrogens with zero attached hydrogens (tertiary/aromatic N) is 2. The van der Waals surface area contributed by atoms with E-state index in [9.17, 15) is 0 Å². The summed E-state index contributed by atoms with van der Waals surface area (Å²) in [6.45, 7) is 0. The van der Waals surface area contributed by atoms with Crippen molar-refractivity contribution in [2.24, 2.45) is 0 Å². The Labute approximate surface area is 130 Å². The number of hydrogen-bond acceptors (Lipinski definition) is 1. The molecule has 0 saturated heterocycles. The molecule has 2 aromatic carbocycles. The molecule has 0 amide bonds. The standard InChI is InChI=1S/C17H11IN2/c18-15-6-3-5-13-11-19-17(10-14(13)15)20-9-8-12-4-1-2-7-16(12)20/h1-11H. The predicted molar refractivity (Wildman–Crippen MR) is 91.3 cm³/mol. The van der Waals surface area contributed by atoms with Crippen molar-refractivity contribution < 1.29 is 0 Å². The molecule has 3 heteroatoms. The molecule has 20 heavy (non-hydrogen) atoms. The average Bonchev–Trinajstić information content (AvgIpc) is 2.91. The van der Waals surface area contributed by atoms with E-state index in [0.29, 0.717) is 0 Å². The molecule has 0 bridgehead atoms. The summed E-state index contributed by atoms with van der Waals surface area (Å²) in [6, 6.07) is 18.9. The van der Waals surface area contributed by atoms with Crippen molar-refractivity contribution in [1.29, 1.82) is 0 Å². The smallest absolute Gasteiger partial charge is 0.137 e. The van der Waals surface area contributed by atoms with Crippen molar-refractivity contribution >= 4 is 44.3 Å². The Kier molecular flexibility index (Phi) is 2.73. The summed E-state index contributed by atoms with van der Waals surface area (Å²) in [7, 11) is 0. The fourth-order valence-corrected chi connectivity index (χ4v) is 3.21. The molecule has 0 aliphatic rings. The van der Waals surface area contributed by atoms with Gasteiger partial charge >= 0.3 is 0 Å². The minimum Gasteiger partial charge on any atom is -0.301 e. The number of benzene rings is 2. The predicted octanol–water partition coefficient (Wildman–Crippen LogP) is 4.78. The van der Waals surface area contributed by atoms with Gasteiger partial charge in [-0.3, -0.25) is 0 Å². The van der Waals surface area contributed by atoms with Crippen LogP contribution < -0.4 is 0 Å². The van der Waals surface area contributed by atoms with Crippen LogP contribution in [-0.4, -0.2) is 9.55 Å². The minimum absolute atomic E-state index is 0.961. The Hall–Kier alpha value is -1.88. The van der Waals surface area contributed by atoms with Gasteiger partial charge in [-0.15, -0.1) is 0 Å². The molecule has 2 heterocycles. The molecule has 4 rings (SSSR count). The van der Waals surface area contributed by atoms with Gasteiger partial charge in [-0.2, -0.15) is 0 Å². The number of pyridine rings is 1. The van der Waals surface area contributed by atoms with Crippen LogP contribution in [0.1, 0.15) is 0 Å². The highest BCUT2D eigenvalue weighted by molar-refractivity contribution is 14.1. The molecule has 0 atom stereocenters. The minimum atomic E-state index is 0.961. The number of aromatic nitrogens is 2. The van der Waals surface area contributed by atoms with E-state index < -0.39 is 0 Å². The summed E-state index contributed by atoms with van der Waals surface area (Å²) in [6.07, 6.45) is 4.02. The third-order valence-corrected chi connectivity index (χ3v) is 4.48. The van der Waals surface area contributed by atoms with Crippen molar-refractivity contribution in [3.8, 4) is 5.82 Å². The Bertz CT molecular complexity index is 924. The normalized spacial score (nSPS) is 11.2. The SMILES string of the molecule is Ic1cccc2cnc(-n3ccc4ccccc43)cc12. The van der Waals surface area contributed by atoms with Crippen LogP contribution in [0.3, 0.4) is 0 Å². The molecule has 0 unspecified atom stereocenters. The first-order valence-electron chi connectivity index (χ1n) is 6.44. The van der Waals surface area contributed by atoms with E-state index >= 15 is 0 Å². The maximum absolute atomic E-state index is 4.60. The van der Waals surface area contributed by atoms with Gasteiger partial charge in [0.25, 0.3) is 0 Å². The van der Waals surface area contributed by atoms with Gasteiger partial charge in [-0.05, 0) is 52.2 Å². The summed E-state index contributed by atoms with van der Waals surface area (Å²) in [5.41, 5.74) is 1.19. The number of rotatable bonds is 1. The van der Waals surface area contributed by atoms with E-state index in [2.05, 4.69) is 92.9 Å². The third kappa shape index (κ3) is 1.81. The zero-order valence-electron chi connectivity index (χ0n) is 10.6. The maximum Gasteiger partial charge on any atom is 0.137 e. The molecule has 2 nitrogen and oxygen atoms in total. The van der Waals surface area contributed by atoms with Crippen LogP contribution in [0, 0.1) is 3.57 Å². The van der Waals surface area contributed by atoms with E-state index in [1.165, 1.54) is 25.2 Å². The van der Waals surface area contributed by atoms with Crippen molar-refractivity contribution in [3.63, 3.8) is 0 Å². The van der Waals surface area contributed by atoms with Crippen LogP contribution in [0.5, 0.6) is 0 Å². The maximum atomic E-state index is 4.60. The van der Waals surface area contributed by atoms with Gasteiger partial charge in [-0.25, -0.2) is 4.98 Å². The molecular weight excluding hydrogens is 359 g/mol. The van der Waals surface area contributed by atoms with Crippen molar-refractivity contribution in [3.05, 3.63) is 70.6 Å². The zero-order chi connectivity index (χ0) is 13.5. The van der Waals surface area contributed by atoms with Crippen LogP contribution in [0.4, 0.5) is 0 Å². The Morgan fingerprint density at radius 2 is 1.75 bits per heavy atom. The van der Waals surface area contributed by atoms with E-state index in [0.717, 1.165) is 5.82 Å². The molecule has 0 spiro atoms. The third-order valence-electron chi connectivity index (χ3n) is 3.54. The van der Waals surface area contributed by atoms with Gasteiger partial charge in [-0.1, -0.05) is 30.3 Å².